The molecule has 0 bridgehead atoms. The Bertz CT molecular complexity index is 951. The van der Waals surface area contributed by atoms with Crippen LogP contribution in [0.5, 0.6) is 0 Å². The number of carbonyl (C=O) groups excluding carboxylic acids is 1. The second kappa shape index (κ2) is 7.32. The van der Waals surface area contributed by atoms with Gasteiger partial charge in [-0.2, -0.15) is 0 Å². The summed E-state index contributed by atoms with van der Waals surface area (Å²) in [5.74, 6) is -0.243. The van der Waals surface area contributed by atoms with Crippen molar-refractivity contribution in [1.82, 2.24) is 5.32 Å². The molecule has 5 heteroatoms. The lowest BCUT2D eigenvalue weighted by atomic mass is 10.2. The van der Waals surface area contributed by atoms with Crippen molar-refractivity contribution < 1.29 is 13.2 Å². The molecule has 0 aromatic heterocycles. The van der Waals surface area contributed by atoms with Crippen molar-refractivity contribution in [3.05, 3.63) is 96.1 Å². The Hall–Kier alpha value is -2.92. The summed E-state index contributed by atoms with van der Waals surface area (Å²) in [5, 5.41) is 2.82. The highest BCUT2D eigenvalue weighted by molar-refractivity contribution is 7.91. The van der Waals surface area contributed by atoms with E-state index in [2.05, 4.69) is 5.32 Å². The third kappa shape index (κ3) is 3.95. The van der Waals surface area contributed by atoms with Gasteiger partial charge < -0.3 is 5.32 Å². The molecule has 0 fully saturated rings. The maximum atomic E-state index is 12.5. The fourth-order valence-electron chi connectivity index (χ4n) is 2.40. The van der Waals surface area contributed by atoms with Gasteiger partial charge in [0.25, 0.3) is 5.91 Å². The lowest BCUT2D eigenvalue weighted by Crippen LogP contribution is -2.22. The molecule has 0 atom stereocenters. The van der Waals surface area contributed by atoms with Crippen LogP contribution in [0.3, 0.4) is 0 Å². The van der Waals surface area contributed by atoms with E-state index in [0.29, 0.717) is 12.1 Å². The predicted molar refractivity (Wildman–Crippen MR) is 95.9 cm³/mol. The molecule has 0 saturated carbocycles. The maximum Gasteiger partial charge on any atom is 0.251 e. The largest absolute Gasteiger partial charge is 0.348 e. The molecule has 0 radical (unpaired) electrons. The van der Waals surface area contributed by atoms with Gasteiger partial charge >= 0.3 is 0 Å². The Balaban J connectivity index is 1.73. The summed E-state index contributed by atoms with van der Waals surface area (Å²) >= 11 is 0. The minimum atomic E-state index is -3.57. The summed E-state index contributed by atoms with van der Waals surface area (Å²) < 4.78 is 25.1. The third-order valence-electron chi connectivity index (χ3n) is 3.78. The zero-order valence-electron chi connectivity index (χ0n) is 13.4. The van der Waals surface area contributed by atoms with Crippen LogP contribution in [-0.4, -0.2) is 14.3 Å². The Morgan fingerprint density at radius 1 is 0.720 bits per heavy atom. The number of nitrogens with one attached hydrogen (secondary N) is 1. The van der Waals surface area contributed by atoms with Gasteiger partial charge in [-0.25, -0.2) is 8.42 Å². The molecule has 0 spiro atoms. The third-order valence-corrected chi connectivity index (χ3v) is 5.56. The van der Waals surface area contributed by atoms with Crippen molar-refractivity contribution in [2.45, 2.75) is 16.3 Å². The second-order valence-electron chi connectivity index (χ2n) is 5.51. The molecular weight excluding hydrogens is 334 g/mol. The summed E-state index contributed by atoms with van der Waals surface area (Å²) in [6.45, 7) is 0.420. The van der Waals surface area contributed by atoms with Crippen molar-refractivity contribution >= 4 is 15.7 Å². The van der Waals surface area contributed by atoms with Crippen LogP contribution in [0.25, 0.3) is 0 Å². The Morgan fingerprint density at radius 2 is 1.24 bits per heavy atom. The minimum absolute atomic E-state index is 0.165. The lowest BCUT2D eigenvalue weighted by molar-refractivity contribution is 0.0951. The molecule has 25 heavy (non-hydrogen) atoms. The minimum Gasteiger partial charge on any atom is -0.348 e. The van der Waals surface area contributed by atoms with Crippen LogP contribution < -0.4 is 5.32 Å². The van der Waals surface area contributed by atoms with Gasteiger partial charge in [-0.15, -0.1) is 0 Å². The second-order valence-corrected chi connectivity index (χ2v) is 7.46. The van der Waals surface area contributed by atoms with Crippen LogP contribution in [-0.2, 0) is 16.4 Å². The number of benzene rings is 3. The van der Waals surface area contributed by atoms with Crippen molar-refractivity contribution in [1.29, 1.82) is 0 Å². The van der Waals surface area contributed by atoms with Crippen LogP contribution in [0.1, 0.15) is 15.9 Å². The SMILES string of the molecule is O=C(NCc1ccccc1)c1ccc(S(=O)(=O)c2ccccc2)cc1. The molecule has 1 N–H and O–H groups in total. The maximum absolute atomic E-state index is 12.5. The van der Waals surface area contributed by atoms with Gasteiger partial charge in [0.15, 0.2) is 0 Å². The highest BCUT2D eigenvalue weighted by Gasteiger charge is 2.17. The molecule has 126 valence electrons. The molecule has 3 aromatic carbocycles. The van der Waals surface area contributed by atoms with Gasteiger partial charge in [0.2, 0.25) is 9.84 Å². The summed E-state index contributed by atoms with van der Waals surface area (Å²) in [6.07, 6.45) is 0. The van der Waals surface area contributed by atoms with Crippen LogP contribution >= 0.6 is 0 Å². The van der Waals surface area contributed by atoms with Crippen LogP contribution in [0.2, 0.25) is 0 Å². The fraction of sp³-hybridized carbons (Fsp3) is 0.0500. The van der Waals surface area contributed by atoms with Crippen molar-refractivity contribution in [2.75, 3.05) is 0 Å². The topological polar surface area (TPSA) is 63.2 Å². The van der Waals surface area contributed by atoms with E-state index in [1.54, 1.807) is 30.3 Å². The van der Waals surface area contributed by atoms with Crippen LogP contribution in [0, 0.1) is 0 Å². The van der Waals surface area contributed by atoms with E-state index < -0.39 is 9.84 Å². The van der Waals surface area contributed by atoms with Crippen LogP contribution in [0.4, 0.5) is 0 Å². The molecule has 3 aromatic rings. The number of hydrogen-bond donors (Lipinski definition) is 1. The highest BCUT2D eigenvalue weighted by atomic mass is 32.2. The zero-order chi connectivity index (χ0) is 17.7. The number of sulfone groups is 1. The van der Waals surface area contributed by atoms with Crippen molar-refractivity contribution in [2.24, 2.45) is 0 Å². The lowest BCUT2D eigenvalue weighted by Gasteiger charge is -2.07. The Kier molecular flexibility index (Phi) is 4.95. The van der Waals surface area contributed by atoms with Crippen molar-refractivity contribution in [3.63, 3.8) is 0 Å². The average Bonchev–Trinajstić information content (AvgIpc) is 2.68. The number of hydrogen-bond acceptors (Lipinski definition) is 3. The van der Waals surface area contributed by atoms with Crippen LogP contribution in [0.15, 0.2) is 94.7 Å². The molecular formula is C20H17NO3S. The number of rotatable bonds is 5. The van der Waals surface area contributed by atoms with E-state index in [1.165, 1.54) is 24.3 Å². The first-order valence-electron chi connectivity index (χ1n) is 7.80. The smallest absolute Gasteiger partial charge is 0.251 e. The van der Waals surface area contributed by atoms with Gasteiger partial charge in [0, 0.05) is 12.1 Å². The highest BCUT2D eigenvalue weighted by Crippen LogP contribution is 2.20. The summed E-state index contributed by atoms with van der Waals surface area (Å²) in [4.78, 5) is 12.6. The normalized spacial score (nSPS) is 11.0. The van der Waals surface area contributed by atoms with Gasteiger partial charge in [0.05, 0.1) is 9.79 Å². The standard InChI is InChI=1S/C20H17NO3S/c22-20(21-15-16-7-3-1-4-8-16)17-11-13-19(14-12-17)25(23,24)18-9-5-2-6-10-18/h1-14H,15H2,(H,21,22). The molecule has 0 aliphatic carbocycles. The molecule has 3 rings (SSSR count). The number of amides is 1. The van der Waals surface area contributed by atoms with Gasteiger partial charge in [-0.1, -0.05) is 48.5 Å². The number of carbonyl (C=O) groups is 1. The van der Waals surface area contributed by atoms with Gasteiger partial charge in [-0.3, -0.25) is 4.79 Å². The molecule has 1 amide bonds. The average molecular weight is 351 g/mol. The van der Waals surface area contributed by atoms with E-state index in [4.69, 9.17) is 0 Å². The molecule has 4 nitrogen and oxygen atoms in total. The molecule has 0 aliphatic heterocycles. The molecule has 0 saturated heterocycles. The Morgan fingerprint density at radius 3 is 1.84 bits per heavy atom. The summed E-state index contributed by atoms with van der Waals surface area (Å²) in [6, 6.07) is 23.8. The first-order valence-corrected chi connectivity index (χ1v) is 9.28. The van der Waals surface area contributed by atoms with E-state index in [0.717, 1.165) is 5.56 Å². The predicted octanol–water partition coefficient (Wildman–Crippen LogP) is 3.45. The van der Waals surface area contributed by atoms with Gasteiger partial charge in [-0.05, 0) is 42.0 Å². The van der Waals surface area contributed by atoms with E-state index in [9.17, 15) is 13.2 Å². The van der Waals surface area contributed by atoms with E-state index in [1.807, 2.05) is 30.3 Å². The summed E-state index contributed by atoms with van der Waals surface area (Å²) in [5.41, 5.74) is 1.42. The molecule has 0 aliphatic rings. The monoisotopic (exact) mass is 351 g/mol. The molecule has 0 heterocycles. The van der Waals surface area contributed by atoms with E-state index >= 15 is 0 Å². The first-order chi connectivity index (χ1) is 12.1. The summed E-state index contributed by atoms with van der Waals surface area (Å²) in [7, 11) is -3.57. The fourth-order valence-corrected chi connectivity index (χ4v) is 3.68. The van der Waals surface area contributed by atoms with E-state index in [-0.39, 0.29) is 15.7 Å². The van der Waals surface area contributed by atoms with Crippen molar-refractivity contribution in [3.8, 4) is 0 Å². The van der Waals surface area contributed by atoms with Gasteiger partial charge in [0.1, 0.15) is 0 Å². The Labute approximate surface area is 147 Å². The quantitative estimate of drug-likeness (QED) is 0.766. The molecule has 0 unspecified atom stereocenters. The first kappa shape index (κ1) is 16.9. The zero-order valence-corrected chi connectivity index (χ0v) is 14.2.